The molecule has 0 saturated carbocycles. The first kappa shape index (κ1) is 15.8. The molecule has 0 heterocycles. The molecule has 0 atom stereocenters. The molecule has 102 valence electrons. The molecule has 0 unspecified atom stereocenters. The Bertz CT molecular complexity index is 248. The highest BCUT2D eigenvalue weighted by Gasteiger charge is 2.57. The minimum atomic E-state index is -5.52. The highest BCUT2D eigenvalue weighted by molar-refractivity contribution is 5.79. The predicted molar refractivity (Wildman–Crippen MR) is 44.5 cm³/mol. The summed E-state index contributed by atoms with van der Waals surface area (Å²) in [5, 5.41) is 10.6. The third-order valence-corrected chi connectivity index (χ3v) is 1.58. The van der Waals surface area contributed by atoms with Crippen molar-refractivity contribution in [1.29, 1.82) is 0 Å². The van der Waals surface area contributed by atoms with Crippen molar-refractivity contribution in [1.82, 2.24) is 0 Å². The summed E-state index contributed by atoms with van der Waals surface area (Å²) in [5.41, 5.74) is 4.96. The number of amidine groups is 1. The maximum atomic E-state index is 11.9. The summed E-state index contributed by atoms with van der Waals surface area (Å²) in [6.07, 6.45) is -15.2. The van der Waals surface area contributed by atoms with Crippen molar-refractivity contribution in [2.75, 3.05) is 6.61 Å². The SMILES string of the molecule is NC(CCCOC(C(F)(F)F)C(F)(F)F)=NO. The van der Waals surface area contributed by atoms with Crippen molar-refractivity contribution in [3.8, 4) is 0 Å². The van der Waals surface area contributed by atoms with Gasteiger partial charge in [-0.3, -0.25) is 0 Å². The first-order chi connectivity index (χ1) is 7.59. The number of hydrogen-bond acceptors (Lipinski definition) is 3. The minimum absolute atomic E-state index is 0.168. The lowest BCUT2D eigenvalue weighted by molar-refractivity contribution is -0.321. The Morgan fingerprint density at radius 1 is 1.18 bits per heavy atom. The normalized spacial score (nSPS) is 14.4. The lowest BCUT2D eigenvalue weighted by atomic mass is 10.3. The zero-order valence-corrected chi connectivity index (χ0v) is 8.35. The topological polar surface area (TPSA) is 67.8 Å². The molecule has 0 rings (SSSR count). The van der Waals surface area contributed by atoms with Gasteiger partial charge in [0.05, 0.1) is 0 Å². The standard InChI is InChI=1S/C7H10F6N2O2/c8-6(9,10)5(7(11,12)13)17-3-1-2-4(14)15-16/h5,16H,1-3H2,(H2,14,15). The van der Waals surface area contributed by atoms with Gasteiger partial charge < -0.3 is 15.7 Å². The summed E-state index contributed by atoms with van der Waals surface area (Å²) in [4.78, 5) is 0. The molecule has 4 nitrogen and oxygen atoms in total. The van der Waals surface area contributed by atoms with E-state index < -0.39 is 25.1 Å². The third kappa shape index (κ3) is 6.19. The molecule has 0 amide bonds. The lowest BCUT2D eigenvalue weighted by Crippen LogP contribution is -2.44. The van der Waals surface area contributed by atoms with Crippen molar-refractivity contribution in [2.45, 2.75) is 31.3 Å². The molecule has 10 heteroatoms. The van der Waals surface area contributed by atoms with Crippen LogP contribution in [0.5, 0.6) is 0 Å². The van der Waals surface area contributed by atoms with Crippen LogP contribution in [0.3, 0.4) is 0 Å². The Balaban J connectivity index is 4.21. The molecule has 0 aromatic heterocycles. The van der Waals surface area contributed by atoms with Crippen LogP contribution in [0, 0.1) is 0 Å². The fraction of sp³-hybridized carbons (Fsp3) is 0.857. The number of alkyl halides is 6. The van der Waals surface area contributed by atoms with Crippen LogP contribution in [0.2, 0.25) is 0 Å². The number of halogens is 6. The Kier molecular flexibility index (Phi) is 5.52. The van der Waals surface area contributed by atoms with E-state index in [0.29, 0.717) is 0 Å². The maximum absolute atomic E-state index is 11.9. The number of hydrogen-bond donors (Lipinski definition) is 2. The largest absolute Gasteiger partial charge is 0.423 e. The second kappa shape index (κ2) is 5.94. The van der Waals surface area contributed by atoms with Gasteiger partial charge in [-0.15, -0.1) is 0 Å². The quantitative estimate of drug-likeness (QED) is 0.200. The van der Waals surface area contributed by atoms with E-state index in [-0.39, 0.29) is 18.7 Å². The molecule has 0 bridgehead atoms. The summed E-state index contributed by atoms with van der Waals surface area (Å²) < 4.78 is 75.3. The Hall–Kier alpha value is -1.19. The van der Waals surface area contributed by atoms with E-state index in [2.05, 4.69) is 9.89 Å². The number of rotatable bonds is 5. The van der Waals surface area contributed by atoms with Crippen LogP contribution in [-0.4, -0.2) is 36.1 Å². The van der Waals surface area contributed by atoms with Crippen molar-refractivity contribution >= 4 is 5.84 Å². The highest BCUT2D eigenvalue weighted by Crippen LogP contribution is 2.35. The van der Waals surface area contributed by atoms with Gasteiger partial charge in [0.2, 0.25) is 6.10 Å². The van der Waals surface area contributed by atoms with Crippen LogP contribution in [-0.2, 0) is 4.74 Å². The van der Waals surface area contributed by atoms with Crippen molar-refractivity contribution < 1.29 is 36.3 Å². The molecule has 0 aliphatic heterocycles. The van der Waals surface area contributed by atoms with E-state index in [1.54, 1.807) is 0 Å². The molecule has 0 aromatic rings. The van der Waals surface area contributed by atoms with Gasteiger partial charge in [0, 0.05) is 13.0 Å². The number of ether oxygens (including phenoxy) is 1. The second-order valence-corrected chi connectivity index (χ2v) is 3.03. The first-order valence-corrected chi connectivity index (χ1v) is 4.30. The summed E-state index contributed by atoms with van der Waals surface area (Å²) in [7, 11) is 0. The number of oxime groups is 1. The molecule has 0 saturated heterocycles. The minimum Gasteiger partial charge on any atom is -0.409 e. The van der Waals surface area contributed by atoms with Crippen LogP contribution in [0.1, 0.15) is 12.8 Å². The molecule has 0 aliphatic rings. The molecular weight excluding hydrogens is 258 g/mol. The van der Waals surface area contributed by atoms with Crippen LogP contribution < -0.4 is 5.73 Å². The molecule has 0 aliphatic carbocycles. The monoisotopic (exact) mass is 268 g/mol. The van der Waals surface area contributed by atoms with E-state index >= 15 is 0 Å². The fourth-order valence-corrected chi connectivity index (χ4v) is 0.879. The van der Waals surface area contributed by atoms with Crippen LogP contribution in [0.4, 0.5) is 26.3 Å². The summed E-state index contributed by atoms with van der Waals surface area (Å²) in [5.74, 6) is -0.302. The van der Waals surface area contributed by atoms with Gasteiger partial charge in [-0.1, -0.05) is 5.16 Å². The van der Waals surface area contributed by atoms with Gasteiger partial charge in [-0.05, 0) is 6.42 Å². The van der Waals surface area contributed by atoms with E-state index in [4.69, 9.17) is 10.9 Å². The average Bonchev–Trinajstić information content (AvgIpc) is 2.12. The molecule has 3 N–H and O–H groups in total. The van der Waals surface area contributed by atoms with Gasteiger partial charge in [-0.25, -0.2) is 0 Å². The lowest BCUT2D eigenvalue weighted by Gasteiger charge is -2.22. The molecular formula is C7H10F6N2O2. The first-order valence-electron chi connectivity index (χ1n) is 4.30. The van der Waals surface area contributed by atoms with Gasteiger partial charge in [0.1, 0.15) is 5.84 Å². The Morgan fingerprint density at radius 3 is 2.00 bits per heavy atom. The van der Waals surface area contributed by atoms with Crippen LogP contribution in [0.15, 0.2) is 5.16 Å². The Morgan fingerprint density at radius 2 is 1.65 bits per heavy atom. The molecule has 0 fully saturated rings. The molecule has 17 heavy (non-hydrogen) atoms. The number of nitrogens with zero attached hydrogens (tertiary/aromatic N) is 1. The zero-order chi connectivity index (χ0) is 13.7. The third-order valence-electron chi connectivity index (χ3n) is 1.58. The van der Waals surface area contributed by atoms with E-state index in [1.165, 1.54) is 0 Å². The van der Waals surface area contributed by atoms with Crippen molar-refractivity contribution in [3.05, 3.63) is 0 Å². The highest BCUT2D eigenvalue weighted by atomic mass is 19.4. The zero-order valence-electron chi connectivity index (χ0n) is 8.35. The van der Waals surface area contributed by atoms with E-state index in [0.717, 1.165) is 0 Å². The summed E-state index contributed by atoms with van der Waals surface area (Å²) in [6.45, 7) is -0.806. The van der Waals surface area contributed by atoms with Gasteiger partial charge >= 0.3 is 12.4 Å². The summed E-state index contributed by atoms with van der Waals surface area (Å²) in [6, 6.07) is 0. The molecule has 0 spiro atoms. The average molecular weight is 268 g/mol. The summed E-state index contributed by atoms with van der Waals surface area (Å²) >= 11 is 0. The van der Waals surface area contributed by atoms with Crippen molar-refractivity contribution in [2.24, 2.45) is 10.9 Å². The van der Waals surface area contributed by atoms with E-state index in [9.17, 15) is 26.3 Å². The van der Waals surface area contributed by atoms with Crippen LogP contribution in [0.25, 0.3) is 0 Å². The van der Waals surface area contributed by atoms with Gasteiger partial charge in [0.25, 0.3) is 0 Å². The Labute approximate surface area is 92.0 Å². The smallest absolute Gasteiger partial charge is 0.409 e. The van der Waals surface area contributed by atoms with Crippen molar-refractivity contribution in [3.63, 3.8) is 0 Å². The number of nitrogens with two attached hydrogens (primary N) is 1. The maximum Gasteiger partial charge on any atom is 0.423 e. The van der Waals surface area contributed by atoms with Gasteiger partial charge in [-0.2, -0.15) is 26.3 Å². The molecule has 0 radical (unpaired) electrons. The van der Waals surface area contributed by atoms with E-state index in [1.807, 2.05) is 0 Å². The fourth-order valence-electron chi connectivity index (χ4n) is 0.879. The second-order valence-electron chi connectivity index (χ2n) is 3.03. The predicted octanol–water partition coefficient (Wildman–Crippen LogP) is 2.02. The van der Waals surface area contributed by atoms with Gasteiger partial charge in [0.15, 0.2) is 0 Å². The van der Waals surface area contributed by atoms with Crippen LogP contribution >= 0.6 is 0 Å². The molecule has 0 aromatic carbocycles.